The highest BCUT2D eigenvalue weighted by Gasteiger charge is 2.38. The molecule has 46 heavy (non-hydrogen) atoms. The summed E-state index contributed by atoms with van der Waals surface area (Å²) >= 11 is 6.78. The lowest BCUT2D eigenvalue weighted by atomic mass is 9.98. The van der Waals surface area contributed by atoms with Crippen LogP contribution in [0.3, 0.4) is 0 Å². The van der Waals surface area contributed by atoms with E-state index in [1.54, 1.807) is 0 Å². The number of amides is 4. The van der Waals surface area contributed by atoms with Crippen LogP contribution < -0.4 is 0 Å². The maximum atomic E-state index is 13.0. The SMILES string of the molecule is CN1C(=O)C(Br)=C(c2c(CCCCCCCCCCc3[nH]c4ccccc4c3C3=C(Br)C(=O)N(C)C3=O)[nH]c3ccccc23)C1=O. The summed E-state index contributed by atoms with van der Waals surface area (Å²) in [7, 11) is 3.04. The van der Waals surface area contributed by atoms with Crippen LogP contribution in [0.1, 0.15) is 73.9 Å². The van der Waals surface area contributed by atoms with Crippen molar-refractivity contribution >= 4 is 88.4 Å². The standard InChI is InChI=1S/C36H36Br2N4O4/c1-41-33(43)29(31(37)35(41)45)27-21-15-11-13-17-23(21)39-25(27)19-9-7-5-3-4-6-8-10-20-26-28(22-16-12-14-18-24(22)40-26)30-32(38)36(46)42(2)34(30)44/h11-18,39-40H,3-10,19-20H2,1-2H3. The Bertz CT molecular complexity index is 1810. The van der Waals surface area contributed by atoms with Crippen molar-refractivity contribution in [2.24, 2.45) is 0 Å². The van der Waals surface area contributed by atoms with Gasteiger partial charge in [0.1, 0.15) is 0 Å². The zero-order valence-electron chi connectivity index (χ0n) is 26.0. The first-order valence-corrected chi connectivity index (χ1v) is 17.4. The predicted molar refractivity (Wildman–Crippen MR) is 188 cm³/mol. The van der Waals surface area contributed by atoms with E-state index in [-0.39, 0.29) is 23.6 Å². The van der Waals surface area contributed by atoms with Gasteiger partial charge in [-0.1, -0.05) is 74.9 Å². The van der Waals surface area contributed by atoms with Crippen molar-refractivity contribution in [2.75, 3.05) is 14.1 Å². The first kappa shape index (κ1) is 32.2. The van der Waals surface area contributed by atoms with Crippen LogP contribution in [0.25, 0.3) is 33.0 Å². The van der Waals surface area contributed by atoms with Crippen molar-refractivity contribution in [3.8, 4) is 0 Å². The van der Waals surface area contributed by atoms with E-state index < -0.39 is 0 Å². The molecule has 2 aliphatic rings. The van der Waals surface area contributed by atoms with Gasteiger partial charge in [0, 0.05) is 58.4 Å². The van der Waals surface area contributed by atoms with Gasteiger partial charge in [-0.2, -0.15) is 0 Å². The summed E-state index contributed by atoms with van der Waals surface area (Å²) in [5, 5.41) is 1.92. The number of H-pyrrole nitrogens is 2. The number of aryl methyl sites for hydroxylation is 2. The summed E-state index contributed by atoms with van der Waals surface area (Å²) in [6.07, 6.45) is 10.4. The lowest BCUT2D eigenvalue weighted by molar-refractivity contribution is -0.136. The monoisotopic (exact) mass is 746 g/mol. The molecule has 0 unspecified atom stereocenters. The average Bonchev–Trinajstić information content (AvgIpc) is 3.71. The molecule has 4 heterocycles. The molecule has 10 heteroatoms. The Labute approximate surface area is 284 Å². The van der Waals surface area contributed by atoms with Crippen molar-refractivity contribution in [1.82, 2.24) is 19.8 Å². The zero-order chi connectivity index (χ0) is 32.5. The van der Waals surface area contributed by atoms with Gasteiger partial charge in [-0.05, 0) is 69.7 Å². The van der Waals surface area contributed by atoms with Gasteiger partial charge in [0.2, 0.25) is 0 Å². The number of likely N-dealkylation sites (N-methyl/N-ethyl adjacent to an activating group) is 2. The second kappa shape index (κ2) is 13.5. The quantitative estimate of drug-likeness (QED) is 0.108. The van der Waals surface area contributed by atoms with E-state index in [2.05, 4.69) is 41.8 Å². The van der Waals surface area contributed by atoms with Gasteiger partial charge in [0.25, 0.3) is 23.6 Å². The van der Waals surface area contributed by atoms with Crippen molar-refractivity contribution in [3.63, 3.8) is 0 Å². The minimum absolute atomic E-state index is 0.275. The Kier molecular flexibility index (Phi) is 9.47. The minimum Gasteiger partial charge on any atom is -0.358 e. The van der Waals surface area contributed by atoms with Crippen LogP contribution >= 0.6 is 31.9 Å². The molecule has 0 radical (unpaired) electrons. The highest BCUT2D eigenvalue weighted by Crippen LogP contribution is 2.40. The van der Waals surface area contributed by atoms with Crippen LogP contribution in [0, 0.1) is 0 Å². The van der Waals surface area contributed by atoms with E-state index in [0.29, 0.717) is 20.1 Å². The summed E-state index contributed by atoms with van der Waals surface area (Å²) in [4.78, 5) is 60.2. The number of unbranched alkanes of at least 4 members (excludes halogenated alkanes) is 7. The third-order valence-corrected chi connectivity index (χ3v) is 10.6. The fraction of sp³-hybridized carbons (Fsp3) is 0.333. The van der Waals surface area contributed by atoms with Gasteiger partial charge in [-0.15, -0.1) is 0 Å². The highest BCUT2D eigenvalue weighted by atomic mass is 79.9. The third-order valence-electron chi connectivity index (χ3n) is 9.13. The molecule has 2 N–H and O–H groups in total. The summed E-state index contributed by atoms with van der Waals surface area (Å²) in [5.74, 6) is -1.17. The van der Waals surface area contributed by atoms with Crippen LogP contribution in [0.2, 0.25) is 0 Å². The van der Waals surface area contributed by atoms with E-state index in [1.807, 2.05) is 48.5 Å². The molecule has 4 aromatic rings. The summed E-state index contributed by atoms with van der Waals surface area (Å²) < 4.78 is 0.651. The van der Waals surface area contributed by atoms with Crippen LogP contribution in [-0.4, -0.2) is 57.5 Å². The maximum Gasteiger partial charge on any atom is 0.268 e. The summed E-state index contributed by atoms with van der Waals surface area (Å²) in [5.41, 5.74) is 6.49. The number of halogens is 2. The van der Waals surface area contributed by atoms with Gasteiger partial charge < -0.3 is 9.97 Å². The van der Waals surface area contributed by atoms with Crippen LogP contribution in [0.5, 0.6) is 0 Å². The molecule has 0 aliphatic carbocycles. The molecular formula is C36H36Br2N4O4. The number of para-hydroxylation sites is 2. The fourth-order valence-corrected chi connectivity index (χ4v) is 7.92. The molecule has 0 bridgehead atoms. The number of benzene rings is 2. The largest absolute Gasteiger partial charge is 0.358 e. The molecule has 0 saturated carbocycles. The molecule has 0 spiro atoms. The van der Waals surface area contributed by atoms with Crippen molar-refractivity contribution < 1.29 is 19.2 Å². The second-order valence-corrected chi connectivity index (χ2v) is 13.7. The van der Waals surface area contributed by atoms with Gasteiger partial charge in [0.05, 0.1) is 20.1 Å². The molecule has 238 valence electrons. The number of carbonyl (C=O) groups excluding carboxylic acids is 4. The zero-order valence-corrected chi connectivity index (χ0v) is 29.1. The normalized spacial score (nSPS) is 15.7. The molecule has 2 aliphatic heterocycles. The number of nitrogens with one attached hydrogen (secondary N) is 2. The maximum absolute atomic E-state index is 13.0. The van der Waals surface area contributed by atoms with Gasteiger partial charge in [-0.25, -0.2) is 0 Å². The Balaban J connectivity index is 0.991. The molecule has 4 amide bonds. The van der Waals surface area contributed by atoms with E-state index >= 15 is 0 Å². The third kappa shape index (κ3) is 5.81. The van der Waals surface area contributed by atoms with E-state index in [9.17, 15) is 19.2 Å². The highest BCUT2D eigenvalue weighted by molar-refractivity contribution is 9.12. The van der Waals surface area contributed by atoms with Crippen LogP contribution in [-0.2, 0) is 32.0 Å². The topological polar surface area (TPSA) is 106 Å². The number of hydrogen-bond acceptors (Lipinski definition) is 4. The number of nitrogens with zero attached hydrogens (tertiary/aromatic N) is 2. The Morgan fingerprint density at radius 1 is 0.522 bits per heavy atom. The molecular weight excluding hydrogens is 712 g/mol. The Morgan fingerprint density at radius 3 is 1.22 bits per heavy atom. The van der Waals surface area contributed by atoms with Crippen molar-refractivity contribution in [3.05, 3.63) is 80.0 Å². The summed E-state index contributed by atoms with van der Waals surface area (Å²) in [6.45, 7) is 0. The lowest BCUT2D eigenvalue weighted by Gasteiger charge is -2.09. The van der Waals surface area contributed by atoms with Gasteiger partial charge in [-0.3, -0.25) is 29.0 Å². The Morgan fingerprint density at radius 2 is 0.870 bits per heavy atom. The molecule has 0 atom stereocenters. The van der Waals surface area contributed by atoms with E-state index in [0.717, 1.165) is 118 Å². The summed E-state index contributed by atoms with van der Waals surface area (Å²) in [6, 6.07) is 15.9. The van der Waals surface area contributed by atoms with Crippen LogP contribution in [0.4, 0.5) is 0 Å². The number of carbonyl (C=O) groups is 4. The lowest BCUT2D eigenvalue weighted by Crippen LogP contribution is -2.26. The fourth-order valence-electron chi connectivity index (χ4n) is 6.66. The Hall–Kier alpha value is -3.76. The number of fused-ring (bicyclic) bond motifs is 2. The number of hydrogen-bond donors (Lipinski definition) is 2. The number of aromatic nitrogens is 2. The molecule has 0 fully saturated rings. The molecule has 2 aromatic heterocycles. The number of rotatable bonds is 13. The number of imide groups is 2. The molecule has 0 saturated heterocycles. The molecule has 8 nitrogen and oxygen atoms in total. The molecule has 6 rings (SSSR count). The van der Waals surface area contributed by atoms with E-state index in [4.69, 9.17) is 0 Å². The number of aromatic amines is 2. The average molecular weight is 749 g/mol. The van der Waals surface area contributed by atoms with Crippen LogP contribution in [0.15, 0.2) is 57.5 Å². The first-order valence-electron chi connectivity index (χ1n) is 15.8. The second-order valence-electron chi connectivity index (χ2n) is 12.1. The van der Waals surface area contributed by atoms with Crippen molar-refractivity contribution in [2.45, 2.75) is 64.2 Å². The predicted octanol–water partition coefficient (Wildman–Crippen LogP) is 7.76. The van der Waals surface area contributed by atoms with Gasteiger partial charge >= 0.3 is 0 Å². The van der Waals surface area contributed by atoms with E-state index in [1.165, 1.54) is 14.1 Å². The first-order chi connectivity index (χ1) is 22.2. The minimum atomic E-state index is -0.309. The van der Waals surface area contributed by atoms with Crippen molar-refractivity contribution in [1.29, 1.82) is 0 Å². The van der Waals surface area contributed by atoms with Gasteiger partial charge in [0.15, 0.2) is 0 Å². The molecule has 2 aromatic carbocycles. The smallest absolute Gasteiger partial charge is 0.268 e.